The molecule has 1 atom stereocenters. The standard InChI is InChI=1S/C17H20F3N5O2/c1-24-8-7-15(23-24)22-16(26)21-10-12-6-9-25(11-12)13-2-4-14(5-3-13)27-17(18,19)20/h2-5,7-8,12H,6,9-11H2,1H3,(H2,21,22,23,26)/t12-/m0/s1. The van der Waals surface area contributed by atoms with E-state index in [2.05, 4.69) is 25.4 Å². The van der Waals surface area contributed by atoms with Crippen molar-refractivity contribution in [3.05, 3.63) is 36.5 Å². The highest BCUT2D eigenvalue weighted by atomic mass is 19.4. The molecule has 2 amide bonds. The molecule has 27 heavy (non-hydrogen) atoms. The van der Waals surface area contributed by atoms with Crippen molar-refractivity contribution in [3.63, 3.8) is 0 Å². The average Bonchev–Trinajstić information content (AvgIpc) is 3.21. The van der Waals surface area contributed by atoms with Crippen LogP contribution in [0.5, 0.6) is 5.75 Å². The molecule has 1 aliphatic heterocycles. The fraction of sp³-hybridized carbons (Fsp3) is 0.412. The highest BCUT2D eigenvalue weighted by Gasteiger charge is 2.31. The summed E-state index contributed by atoms with van der Waals surface area (Å²) in [6.45, 7) is 1.99. The molecule has 0 unspecified atom stereocenters. The van der Waals surface area contributed by atoms with E-state index in [1.54, 1.807) is 36.1 Å². The van der Waals surface area contributed by atoms with Gasteiger partial charge in [-0.25, -0.2) is 4.79 Å². The summed E-state index contributed by atoms with van der Waals surface area (Å²) in [6, 6.07) is 7.18. The molecule has 1 aromatic heterocycles. The molecule has 1 fully saturated rings. The Morgan fingerprint density at radius 2 is 2.04 bits per heavy atom. The maximum absolute atomic E-state index is 12.2. The summed E-state index contributed by atoms with van der Waals surface area (Å²) in [6.07, 6.45) is -2.08. The highest BCUT2D eigenvalue weighted by molar-refractivity contribution is 5.88. The molecule has 2 N–H and O–H groups in total. The minimum absolute atomic E-state index is 0.241. The van der Waals surface area contributed by atoms with Crippen LogP contribution in [0, 0.1) is 5.92 Å². The maximum Gasteiger partial charge on any atom is 0.573 e. The van der Waals surface area contributed by atoms with E-state index in [9.17, 15) is 18.0 Å². The quantitative estimate of drug-likeness (QED) is 0.833. The number of alkyl halides is 3. The number of carbonyl (C=O) groups is 1. The maximum atomic E-state index is 12.2. The Morgan fingerprint density at radius 3 is 2.67 bits per heavy atom. The summed E-state index contributed by atoms with van der Waals surface area (Å²) in [7, 11) is 1.76. The number of aromatic nitrogens is 2. The Kier molecular flexibility index (Phi) is 5.43. The number of hydrogen-bond donors (Lipinski definition) is 2. The number of nitrogens with one attached hydrogen (secondary N) is 2. The van der Waals surface area contributed by atoms with E-state index in [1.165, 1.54) is 12.1 Å². The van der Waals surface area contributed by atoms with Gasteiger partial charge in [0.1, 0.15) is 5.75 Å². The van der Waals surface area contributed by atoms with Gasteiger partial charge in [-0.1, -0.05) is 0 Å². The van der Waals surface area contributed by atoms with Gasteiger partial charge in [0.2, 0.25) is 0 Å². The van der Waals surface area contributed by atoms with Crippen LogP contribution in [0.3, 0.4) is 0 Å². The fourth-order valence-electron chi connectivity index (χ4n) is 2.97. The van der Waals surface area contributed by atoms with Gasteiger partial charge in [0.15, 0.2) is 5.82 Å². The first kappa shape index (κ1) is 18.9. The molecule has 0 spiro atoms. The monoisotopic (exact) mass is 383 g/mol. The lowest BCUT2D eigenvalue weighted by Crippen LogP contribution is -2.34. The summed E-state index contributed by atoms with van der Waals surface area (Å²) in [5.74, 6) is 0.490. The number of halogens is 3. The summed E-state index contributed by atoms with van der Waals surface area (Å²) < 4.78 is 42.1. The molecular formula is C17H20F3N5O2. The Morgan fingerprint density at radius 1 is 1.30 bits per heavy atom. The van der Waals surface area contributed by atoms with Gasteiger partial charge in [0.05, 0.1) is 0 Å². The van der Waals surface area contributed by atoms with E-state index in [4.69, 9.17) is 0 Å². The smallest absolute Gasteiger partial charge is 0.406 e. The predicted molar refractivity (Wildman–Crippen MR) is 93.7 cm³/mol. The van der Waals surface area contributed by atoms with Crippen LogP contribution in [0.1, 0.15) is 6.42 Å². The van der Waals surface area contributed by atoms with Gasteiger partial charge in [-0.3, -0.25) is 10.00 Å². The first-order valence-electron chi connectivity index (χ1n) is 8.44. The van der Waals surface area contributed by atoms with Crippen molar-refractivity contribution in [2.75, 3.05) is 29.9 Å². The van der Waals surface area contributed by atoms with Crippen LogP contribution in [-0.2, 0) is 7.05 Å². The van der Waals surface area contributed by atoms with Crippen LogP contribution in [0.4, 0.5) is 29.5 Å². The Bertz CT molecular complexity index is 776. The van der Waals surface area contributed by atoms with Gasteiger partial charge in [0, 0.05) is 44.6 Å². The third-order valence-electron chi connectivity index (χ3n) is 4.23. The van der Waals surface area contributed by atoms with Crippen LogP contribution in [-0.4, -0.2) is 41.8 Å². The van der Waals surface area contributed by atoms with Crippen molar-refractivity contribution >= 4 is 17.5 Å². The van der Waals surface area contributed by atoms with E-state index >= 15 is 0 Å². The molecule has 146 valence electrons. The number of anilines is 2. The third-order valence-corrected chi connectivity index (χ3v) is 4.23. The topological polar surface area (TPSA) is 71.4 Å². The fourth-order valence-corrected chi connectivity index (χ4v) is 2.97. The molecule has 2 heterocycles. The lowest BCUT2D eigenvalue weighted by molar-refractivity contribution is -0.274. The predicted octanol–water partition coefficient (Wildman–Crippen LogP) is 2.97. The van der Waals surface area contributed by atoms with Crippen molar-refractivity contribution in [2.24, 2.45) is 13.0 Å². The zero-order chi connectivity index (χ0) is 19.4. The molecule has 10 heteroatoms. The van der Waals surface area contributed by atoms with E-state index < -0.39 is 6.36 Å². The molecule has 1 saturated heterocycles. The second-order valence-corrected chi connectivity index (χ2v) is 6.35. The van der Waals surface area contributed by atoms with Gasteiger partial charge in [-0.15, -0.1) is 13.2 Å². The Labute approximate surface area is 154 Å². The third kappa shape index (κ3) is 5.53. The van der Waals surface area contributed by atoms with Gasteiger partial charge < -0.3 is 15.0 Å². The van der Waals surface area contributed by atoms with Crippen LogP contribution in [0.15, 0.2) is 36.5 Å². The zero-order valence-corrected chi connectivity index (χ0v) is 14.7. The van der Waals surface area contributed by atoms with Crippen molar-refractivity contribution in [2.45, 2.75) is 12.8 Å². The average molecular weight is 383 g/mol. The van der Waals surface area contributed by atoms with E-state index in [0.29, 0.717) is 18.9 Å². The second-order valence-electron chi connectivity index (χ2n) is 6.35. The van der Waals surface area contributed by atoms with Gasteiger partial charge in [-0.05, 0) is 36.6 Å². The number of benzene rings is 1. The second kappa shape index (κ2) is 7.77. The number of carbonyl (C=O) groups excluding carboxylic acids is 1. The Hall–Kier alpha value is -2.91. The van der Waals surface area contributed by atoms with Crippen LogP contribution in [0.2, 0.25) is 0 Å². The SMILES string of the molecule is Cn1ccc(NC(=O)NC[C@@H]2CCN(c3ccc(OC(F)(F)F)cc3)C2)n1. The number of amides is 2. The highest BCUT2D eigenvalue weighted by Crippen LogP contribution is 2.28. The number of aryl methyl sites for hydroxylation is 1. The molecule has 0 bridgehead atoms. The molecule has 0 saturated carbocycles. The number of nitrogens with zero attached hydrogens (tertiary/aromatic N) is 3. The first-order chi connectivity index (χ1) is 12.8. The van der Waals surface area contributed by atoms with Crippen molar-refractivity contribution in [1.29, 1.82) is 0 Å². The largest absolute Gasteiger partial charge is 0.573 e. The first-order valence-corrected chi connectivity index (χ1v) is 8.44. The molecule has 0 aliphatic carbocycles. The summed E-state index contributed by atoms with van der Waals surface area (Å²) >= 11 is 0. The molecule has 3 rings (SSSR count). The van der Waals surface area contributed by atoms with Crippen molar-refractivity contribution in [3.8, 4) is 5.75 Å². The zero-order valence-electron chi connectivity index (χ0n) is 14.7. The summed E-state index contributed by atoms with van der Waals surface area (Å²) in [5, 5.41) is 9.54. The van der Waals surface area contributed by atoms with Gasteiger partial charge in [0.25, 0.3) is 0 Å². The minimum Gasteiger partial charge on any atom is -0.406 e. The number of urea groups is 1. The molecule has 1 aliphatic rings. The van der Waals surface area contributed by atoms with Crippen LogP contribution >= 0.6 is 0 Å². The molecule has 2 aromatic rings. The summed E-state index contributed by atoms with van der Waals surface area (Å²) in [4.78, 5) is 14.0. The molecule has 0 radical (unpaired) electrons. The number of ether oxygens (including phenoxy) is 1. The lowest BCUT2D eigenvalue weighted by atomic mass is 10.1. The van der Waals surface area contributed by atoms with Crippen molar-refractivity contribution < 1.29 is 22.7 Å². The van der Waals surface area contributed by atoms with E-state index in [1.807, 2.05) is 0 Å². The number of rotatable bonds is 5. The van der Waals surface area contributed by atoms with Gasteiger partial charge in [-0.2, -0.15) is 5.10 Å². The van der Waals surface area contributed by atoms with Gasteiger partial charge >= 0.3 is 12.4 Å². The van der Waals surface area contributed by atoms with E-state index in [0.717, 1.165) is 18.7 Å². The van der Waals surface area contributed by atoms with Crippen LogP contribution in [0.25, 0.3) is 0 Å². The van der Waals surface area contributed by atoms with E-state index in [-0.39, 0.29) is 17.7 Å². The summed E-state index contributed by atoms with van der Waals surface area (Å²) in [5.41, 5.74) is 0.824. The lowest BCUT2D eigenvalue weighted by Gasteiger charge is -2.19. The minimum atomic E-state index is -4.69. The Balaban J connectivity index is 1.45. The molecule has 1 aromatic carbocycles. The molecular weight excluding hydrogens is 363 g/mol. The van der Waals surface area contributed by atoms with Crippen molar-refractivity contribution in [1.82, 2.24) is 15.1 Å². The number of hydrogen-bond acceptors (Lipinski definition) is 4. The normalized spacial score (nSPS) is 17.0. The molecule has 7 nitrogen and oxygen atoms in total. The van der Waals surface area contributed by atoms with Crippen LogP contribution < -0.4 is 20.3 Å².